The van der Waals surface area contributed by atoms with Crippen LogP contribution in [-0.2, 0) is 4.79 Å². The Morgan fingerprint density at radius 3 is 1.71 bits per heavy atom. The number of hydrogen-bond acceptors (Lipinski definition) is 7. The number of carbonyl (C=O) groups is 2. The molecule has 2 atom stereocenters. The highest BCUT2D eigenvalue weighted by atomic mass is 19.4. The quantitative estimate of drug-likeness (QED) is 0.236. The summed E-state index contributed by atoms with van der Waals surface area (Å²) < 4.78 is 42.0. The van der Waals surface area contributed by atoms with E-state index in [0.717, 1.165) is 28.2 Å². The van der Waals surface area contributed by atoms with Gasteiger partial charge >= 0.3 is 12.4 Å². The molecule has 2 unspecified atom stereocenters. The first-order valence-electron chi connectivity index (χ1n) is 13.7. The Kier molecular flexibility index (Phi) is 8.65. The molecule has 3 N–H and O–H groups in total. The number of benzene rings is 1. The van der Waals surface area contributed by atoms with Crippen LogP contribution in [0.15, 0.2) is 60.9 Å². The zero-order chi connectivity index (χ0) is 30.8. The molecular weight excluding hydrogens is 549 g/mol. The molecule has 2 aromatic heterocycles. The number of rotatable bonds is 10. The van der Waals surface area contributed by atoms with E-state index in [2.05, 4.69) is 30.7 Å². The summed E-state index contributed by atoms with van der Waals surface area (Å²) in [7, 11) is 0. The molecule has 0 aliphatic carbocycles. The van der Waals surface area contributed by atoms with Crippen molar-refractivity contribution in [1.29, 1.82) is 0 Å². The van der Waals surface area contributed by atoms with Crippen molar-refractivity contribution < 1.29 is 27.5 Å². The first kappa shape index (κ1) is 30.6. The third-order valence-electron chi connectivity index (χ3n) is 7.21. The first-order valence-corrected chi connectivity index (χ1v) is 13.7. The Labute approximate surface area is 242 Å². The average Bonchev–Trinajstić information content (AvgIpc) is 3.17. The fraction of sp³-hybridized carbons (Fsp3) is 0.400. The summed E-state index contributed by atoms with van der Waals surface area (Å²) in [5.74, 6) is -0.853. The number of amides is 3. The predicted octanol–water partition coefficient (Wildman–Crippen LogP) is 6.42. The van der Waals surface area contributed by atoms with E-state index in [1.807, 2.05) is 53.7 Å². The summed E-state index contributed by atoms with van der Waals surface area (Å²) in [6, 6.07) is 11.5. The summed E-state index contributed by atoms with van der Waals surface area (Å²) in [5, 5.41) is 9.51. The largest absolute Gasteiger partial charge is 0.573 e. The highest BCUT2D eigenvalue weighted by Gasteiger charge is 2.58. The van der Waals surface area contributed by atoms with Crippen LogP contribution in [0.3, 0.4) is 0 Å². The van der Waals surface area contributed by atoms with Crippen LogP contribution in [0, 0.1) is 0 Å². The van der Waals surface area contributed by atoms with Gasteiger partial charge in [-0.05, 0) is 87.4 Å². The number of alkyl halides is 3. The van der Waals surface area contributed by atoms with Crippen LogP contribution < -0.4 is 25.6 Å². The maximum Gasteiger partial charge on any atom is 0.573 e. The number of urea groups is 1. The minimum Gasteiger partial charge on any atom is -0.406 e. The smallest absolute Gasteiger partial charge is 0.406 e. The standard InChI is InChI=1S/C30H35F3N6O3/c1-17(2)36-25-15-21(11-13-34-25)19(5)29(20(6)22-12-14-35-26(16-22)37-18(3)4)27(40)39(28(41)38-29)23-7-9-24(10-8-23)42-30(31,32)33/h7-20H,1-6H3,(H,34,36)(H,35,37)(H,38,41). The van der Waals surface area contributed by atoms with Gasteiger partial charge in [-0.2, -0.15) is 0 Å². The number of halogens is 3. The van der Waals surface area contributed by atoms with Crippen molar-refractivity contribution in [3.8, 4) is 5.75 Å². The molecule has 42 heavy (non-hydrogen) atoms. The van der Waals surface area contributed by atoms with Gasteiger partial charge in [-0.1, -0.05) is 13.8 Å². The van der Waals surface area contributed by atoms with E-state index in [4.69, 9.17) is 0 Å². The lowest BCUT2D eigenvalue weighted by molar-refractivity contribution is -0.274. The second-order valence-corrected chi connectivity index (χ2v) is 11.0. The molecule has 3 heterocycles. The van der Waals surface area contributed by atoms with Crippen molar-refractivity contribution in [2.24, 2.45) is 0 Å². The highest BCUT2D eigenvalue weighted by Crippen LogP contribution is 2.45. The predicted molar refractivity (Wildman–Crippen MR) is 155 cm³/mol. The van der Waals surface area contributed by atoms with Crippen LogP contribution >= 0.6 is 0 Å². The topological polar surface area (TPSA) is 108 Å². The molecule has 1 fully saturated rings. The molecule has 3 amide bonds. The van der Waals surface area contributed by atoms with Crippen LogP contribution in [0.5, 0.6) is 5.75 Å². The Morgan fingerprint density at radius 2 is 1.29 bits per heavy atom. The van der Waals surface area contributed by atoms with Gasteiger partial charge in [-0.25, -0.2) is 19.7 Å². The third kappa shape index (κ3) is 6.42. The lowest BCUT2D eigenvalue weighted by Crippen LogP contribution is -2.55. The number of nitrogens with zero attached hydrogens (tertiary/aromatic N) is 3. The van der Waals surface area contributed by atoms with Gasteiger partial charge in [0.1, 0.15) is 22.9 Å². The molecule has 0 saturated carbocycles. The van der Waals surface area contributed by atoms with E-state index in [1.54, 1.807) is 24.5 Å². The van der Waals surface area contributed by atoms with Gasteiger partial charge in [0, 0.05) is 36.3 Å². The zero-order valence-electron chi connectivity index (χ0n) is 24.3. The molecule has 1 aromatic carbocycles. The summed E-state index contributed by atoms with van der Waals surface area (Å²) in [4.78, 5) is 37.7. The Morgan fingerprint density at radius 1 is 0.810 bits per heavy atom. The molecular formula is C30H35F3N6O3. The van der Waals surface area contributed by atoms with Gasteiger partial charge in [0.05, 0.1) is 5.69 Å². The minimum absolute atomic E-state index is 0.113. The molecule has 0 bridgehead atoms. The van der Waals surface area contributed by atoms with Gasteiger partial charge < -0.3 is 20.7 Å². The summed E-state index contributed by atoms with van der Waals surface area (Å²) >= 11 is 0. The summed E-state index contributed by atoms with van der Waals surface area (Å²) in [6.45, 7) is 11.7. The minimum atomic E-state index is -4.87. The second kappa shape index (κ2) is 11.9. The number of nitrogens with one attached hydrogen (secondary N) is 3. The number of ether oxygens (including phenoxy) is 1. The molecule has 4 rings (SSSR count). The Hall–Kier alpha value is -4.35. The zero-order valence-corrected chi connectivity index (χ0v) is 24.3. The fourth-order valence-electron chi connectivity index (χ4n) is 5.26. The second-order valence-electron chi connectivity index (χ2n) is 11.0. The van der Waals surface area contributed by atoms with Crippen LogP contribution in [0.1, 0.15) is 64.5 Å². The lowest BCUT2D eigenvalue weighted by Gasteiger charge is -2.39. The number of imide groups is 1. The van der Waals surface area contributed by atoms with Crippen LogP contribution in [-0.4, -0.2) is 45.9 Å². The van der Waals surface area contributed by atoms with Crippen molar-refractivity contribution in [3.05, 3.63) is 72.1 Å². The molecule has 1 aliphatic rings. The molecule has 1 aliphatic heterocycles. The third-order valence-corrected chi connectivity index (χ3v) is 7.21. The van der Waals surface area contributed by atoms with E-state index in [1.165, 1.54) is 12.1 Å². The molecule has 12 heteroatoms. The molecule has 9 nitrogen and oxygen atoms in total. The Bertz CT molecular complexity index is 1370. The number of anilines is 3. The van der Waals surface area contributed by atoms with Crippen LogP contribution in [0.4, 0.5) is 35.3 Å². The van der Waals surface area contributed by atoms with Gasteiger partial charge in [0.25, 0.3) is 5.91 Å². The lowest BCUT2D eigenvalue weighted by atomic mass is 9.70. The monoisotopic (exact) mass is 584 g/mol. The van der Waals surface area contributed by atoms with Crippen LogP contribution in [0.25, 0.3) is 0 Å². The molecule has 224 valence electrons. The molecule has 0 radical (unpaired) electrons. The van der Waals surface area contributed by atoms with Crippen molar-refractivity contribution in [1.82, 2.24) is 15.3 Å². The number of carbonyl (C=O) groups excluding carboxylic acids is 2. The molecule has 3 aromatic rings. The van der Waals surface area contributed by atoms with E-state index in [9.17, 15) is 22.8 Å². The number of pyridine rings is 2. The van der Waals surface area contributed by atoms with Gasteiger partial charge in [0.2, 0.25) is 0 Å². The summed E-state index contributed by atoms with van der Waals surface area (Å²) in [5.41, 5.74) is 0.172. The van der Waals surface area contributed by atoms with E-state index in [0.29, 0.717) is 11.6 Å². The van der Waals surface area contributed by atoms with Gasteiger partial charge in [-0.15, -0.1) is 13.2 Å². The normalized spacial score (nSPS) is 18.7. The van der Waals surface area contributed by atoms with Gasteiger partial charge in [0.15, 0.2) is 0 Å². The summed E-state index contributed by atoms with van der Waals surface area (Å²) in [6.07, 6.45) is -1.58. The number of hydrogen-bond donors (Lipinski definition) is 3. The van der Waals surface area contributed by atoms with E-state index >= 15 is 0 Å². The SMILES string of the molecule is CC(C)Nc1cc(C(C)C2(C(C)c3ccnc(NC(C)C)c3)NC(=O)N(c3ccc(OC(F)(F)F)cc3)C2=O)ccn1. The fourth-order valence-corrected chi connectivity index (χ4v) is 5.26. The van der Waals surface area contributed by atoms with Crippen molar-refractivity contribution >= 4 is 29.3 Å². The first-order chi connectivity index (χ1) is 19.7. The average molecular weight is 585 g/mol. The maximum atomic E-state index is 14.5. The number of aromatic nitrogens is 2. The van der Waals surface area contributed by atoms with Crippen LogP contribution in [0.2, 0.25) is 0 Å². The van der Waals surface area contributed by atoms with Gasteiger partial charge in [-0.3, -0.25) is 4.79 Å². The Balaban J connectivity index is 1.79. The van der Waals surface area contributed by atoms with Crippen molar-refractivity contribution in [2.75, 3.05) is 15.5 Å². The van der Waals surface area contributed by atoms with E-state index < -0.39 is 41.4 Å². The molecule has 0 spiro atoms. The van der Waals surface area contributed by atoms with Crippen molar-refractivity contribution in [2.45, 2.75) is 77.4 Å². The van der Waals surface area contributed by atoms with E-state index in [-0.39, 0.29) is 17.8 Å². The molecule has 1 saturated heterocycles. The maximum absolute atomic E-state index is 14.5. The highest BCUT2D eigenvalue weighted by molar-refractivity contribution is 6.24. The van der Waals surface area contributed by atoms with Crippen molar-refractivity contribution in [3.63, 3.8) is 0 Å².